The average molecular weight is 410 g/mol. The first-order valence-electron chi connectivity index (χ1n) is 9.38. The van der Waals surface area contributed by atoms with Crippen LogP contribution in [0.5, 0.6) is 0 Å². The summed E-state index contributed by atoms with van der Waals surface area (Å²) in [6, 6.07) is 9.38. The number of hydrogen-bond acceptors (Lipinski definition) is 6. The summed E-state index contributed by atoms with van der Waals surface area (Å²) in [7, 11) is 0. The monoisotopic (exact) mass is 410 g/mol. The topological polar surface area (TPSA) is 105 Å². The predicted molar refractivity (Wildman–Crippen MR) is 109 cm³/mol. The van der Waals surface area contributed by atoms with Crippen LogP contribution in [0.25, 0.3) is 0 Å². The number of ether oxygens (including phenoxy) is 1. The van der Waals surface area contributed by atoms with Crippen molar-refractivity contribution in [3.8, 4) is 0 Å². The molecule has 0 bridgehead atoms. The van der Waals surface area contributed by atoms with Gasteiger partial charge in [-0.05, 0) is 58.0 Å². The summed E-state index contributed by atoms with van der Waals surface area (Å²) < 4.78 is 12.7. The lowest BCUT2D eigenvalue weighted by atomic mass is 10.1. The minimum atomic E-state index is -1.01. The smallest absolute Gasteiger partial charge is 0.338 e. The lowest BCUT2D eigenvalue weighted by Crippen LogP contribution is -2.25. The first-order chi connectivity index (χ1) is 14.2. The van der Waals surface area contributed by atoms with E-state index >= 15 is 0 Å². The number of aryl methyl sites for hydroxylation is 2. The van der Waals surface area contributed by atoms with Gasteiger partial charge in [-0.3, -0.25) is 14.9 Å². The fourth-order valence-corrected chi connectivity index (χ4v) is 3.34. The highest BCUT2D eigenvalue weighted by molar-refractivity contribution is 6.02. The predicted octanol–water partition coefficient (Wildman–Crippen LogP) is 4.39. The molecule has 0 aliphatic rings. The van der Waals surface area contributed by atoms with E-state index in [4.69, 9.17) is 9.15 Å². The van der Waals surface area contributed by atoms with Crippen LogP contribution in [-0.4, -0.2) is 27.3 Å². The molecule has 8 heteroatoms. The van der Waals surface area contributed by atoms with Crippen molar-refractivity contribution in [2.45, 2.75) is 40.3 Å². The number of Topliss-reactive ketones (excluding diaryl/α,β-unsaturated/α-hetero) is 1. The van der Waals surface area contributed by atoms with E-state index in [-0.39, 0.29) is 17.0 Å². The summed E-state index contributed by atoms with van der Waals surface area (Å²) in [6.45, 7) is 7.27. The number of carbonyl (C=O) groups is 2. The van der Waals surface area contributed by atoms with Gasteiger partial charge in [-0.1, -0.05) is 0 Å². The Bertz CT molecular complexity index is 1110. The van der Waals surface area contributed by atoms with Crippen molar-refractivity contribution < 1.29 is 23.7 Å². The van der Waals surface area contributed by atoms with Gasteiger partial charge in [-0.15, -0.1) is 0 Å². The maximum Gasteiger partial charge on any atom is 0.338 e. The summed E-state index contributed by atoms with van der Waals surface area (Å²) in [4.78, 5) is 35.7. The van der Waals surface area contributed by atoms with Gasteiger partial charge in [-0.2, -0.15) is 0 Å². The molecule has 2 heterocycles. The molecule has 0 spiro atoms. The van der Waals surface area contributed by atoms with Crippen molar-refractivity contribution in [2.24, 2.45) is 0 Å². The maximum atomic E-state index is 12.9. The Hall–Kier alpha value is -3.68. The van der Waals surface area contributed by atoms with Crippen molar-refractivity contribution in [3.05, 3.63) is 86.6 Å². The molecule has 0 aliphatic heterocycles. The highest BCUT2D eigenvalue weighted by atomic mass is 16.6. The van der Waals surface area contributed by atoms with E-state index in [1.54, 1.807) is 18.4 Å². The SMILES string of the molecule is Cc1cc(C(=O)O[C@H](C)C(=O)c2cc(C)n(Cc3ccco3)c2C)ccc1[N+](=O)[O-]. The van der Waals surface area contributed by atoms with Crippen LogP contribution < -0.4 is 0 Å². The number of carbonyl (C=O) groups excluding carboxylic acids is 2. The number of rotatable bonds is 7. The zero-order valence-corrected chi connectivity index (χ0v) is 17.2. The molecule has 3 aromatic rings. The average Bonchev–Trinajstić information content (AvgIpc) is 3.30. The standard InChI is InChI=1S/C22H22N2O6/c1-13-10-17(7-8-20(13)24(27)28)22(26)30-16(4)21(25)19-11-14(2)23(15(19)3)12-18-6-5-9-29-18/h5-11,16H,12H2,1-4H3/t16-/m1/s1. The molecule has 0 aliphatic carbocycles. The van der Waals surface area contributed by atoms with Crippen LogP contribution in [0.3, 0.4) is 0 Å². The fourth-order valence-electron chi connectivity index (χ4n) is 3.34. The second kappa shape index (κ2) is 8.36. The third-order valence-corrected chi connectivity index (χ3v) is 5.02. The zero-order chi connectivity index (χ0) is 22.0. The summed E-state index contributed by atoms with van der Waals surface area (Å²) in [5.74, 6) is -0.261. The minimum Gasteiger partial charge on any atom is -0.467 e. The van der Waals surface area contributed by atoms with Crippen LogP contribution in [0.1, 0.15) is 50.4 Å². The van der Waals surface area contributed by atoms with Crippen LogP contribution >= 0.6 is 0 Å². The quantitative estimate of drug-likeness (QED) is 0.248. The molecule has 1 aromatic carbocycles. The Labute approximate surface area is 173 Å². The van der Waals surface area contributed by atoms with Crippen molar-refractivity contribution in [1.29, 1.82) is 0 Å². The summed E-state index contributed by atoms with van der Waals surface area (Å²) >= 11 is 0. The largest absolute Gasteiger partial charge is 0.467 e. The normalized spacial score (nSPS) is 11.9. The molecule has 0 amide bonds. The van der Waals surface area contributed by atoms with E-state index < -0.39 is 17.0 Å². The molecule has 0 saturated carbocycles. The number of aromatic nitrogens is 1. The molecule has 8 nitrogen and oxygen atoms in total. The Morgan fingerprint density at radius 1 is 1.20 bits per heavy atom. The third-order valence-electron chi connectivity index (χ3n) is 5.02. The van der Waals surface area contributed by atoms with Crippen LogP contribution in [0.4, 0.5) is 5.69 Å². The van der Waals surface area contributed by atoms with Crippen LogP contribution in [0.15, 0.2) is 47.1 Å². The summed E-state index contributed by atoms with van der Waals surface area (Å²) in [5.41, 5.74) is 2.52. The molecule has 0 unspecified atom stereocenters. The molecule has 3 rings (SSSR count). The lowest BCUT2D eigenvalue weighted by Gasteiger charge is -2.13. The first kappa shape index (κ1) is 21.0. The molecule has 0 saturated heterocycles. The molecule has 0 N–H and O–H groups in total. The van der Waals surface area contributed by atoms with E-state index in [9.17, 15) is 19.7 Å². The zero-order valence-electron chi connectivity index (χ0n) is 17.2. The number of nitro benzene ring substituents is 1. The molecule has 156 valence electrons. The Morgan fingerprint density at radius 3 is 2.53 bits per heavy atom. The molecule has 30 heavy (non-hydrogen) atoms. The van der Waals surface area contributed by atoms with Gasteiger partial charge in [0.2, 0.25) is 5.78 Å². The van der Waals surface area contributed by atoms with E-state index in [1.807, 2.05) is 24.5 Å². The Balaban J connectivity index is 1.75. The number of benzene rings is 1. The fraction of sp³-hybridized carbons (Fsp3) is 0.273. The van der Waals surface area contributed by atoms with Crippen molar-refractivity contribution >= 4 is 17.4 Å². The highest BCUT2D eigenvalue weighted by Crippen LogP contribution is 2.22. The molecule has 0 radical (unpaired) electrons. The molecular formula is C22H22N2O6. The number of nitro groups is 1. The minimum absolute atomic E-state index is 0.0836. The van der Waals surface area contributed by atoms with Gasteiger partial charge >= 0.3 is 5.97 Å². The van der Waals surface area contributed by atoms with Gasteiger partial charge in [0.25, 0.3) is 5.69 Å². The maximum absolute atomic E-state index is 12.9. The van der Waals surface area contributed by atoms with Crippen molar-refractivity contribution in [3.63, 3.8) is 0 Å². The highest BCUT2D eigenvalue weighted by Gasteiger charge is 2.25. The van der Waals surface area contributed by atoms with Gasteiger partial charge in [0.1, 0.15) is 5.76 Å². The van der Waals surface area contributed by atoms with Crippen LogP contribution in [0.2, 0.25) is 0 Å². The first-order valence-corrected chi connectivity index (χ1v) is 9.38. The number of esters is 1. The summed E-state index contributed by atoms with van der Waals surface area (Å²) in [5, 5.41) is 10.9. The van der Waals surface area contributed by atoms with Gasteiger partial charge in [0.05, 0.1) is 23.3 Å². The van der Waals surface area contributed by atoms with Gasteiger partial charge in [0, 0.05) is 28.6 Å². The van der Waals surface area contributed by atoms with E-state index in [0.29, 0.717) is 17.7 Å². The molecule has 0 fully saturated rings. The van der Waals surface area contributed by atoms with Crippen LogP contribution in [-0.2, 0) is 11.3 Å². The molecule has 1 atom stereocenters. The van der Waals surface area contributed by atoms with Gasteiger partial charge in [0.15, 0.2) is 6.10 Å². The third kappa shape index (κ3) is 4.17. The second-order valence-electron chi connectivity index (χ2n) is 7.12. The summed E-state index contributed by atoms with van der Waals surface area (Å²) in [6.07, 6.45) is 0.586. The van der Waals surface area contributed by atoms with Gasteiger partial charge < -0.3 is 13.7 Å². The van der Waals surface area contributed by atoms with E-state index in [1.165, 1.54) is 32.0 Å². The van der Waals surface area contributed by atoms with Crippen LogP contribution in [0, 0.1) is 30.9 Å². The second-order valence-corrected chi connectivity index (χ2v) is 7.12. The van der Waals surface area contributed by atoms with Crippen molar-refractivity contribution in [2.75, 3.05) is 0 Å². The Kier molecular flexibility index (Phi) is 5.86. The van der Waals surface area contributed by atoms with E-state index in [0.717, 1.165) is 17.1 Å². The van der Waals surface area contributed by atoms with E-state index in [2.05, 4.69) is 0 Å². The molecular weight excluding hydrogens is 388 g/mol. The lowest BCUT2D eigenvalue weighted by molar-refractivity contribution is -0.385. The Morgan fingerprint density at radius 2 is 1.93 bits per heavy atom. The van der Waals surface area contributed by atoms with Crippen molar-refractivity contribution in [1.82, 2.24) is 4.57 Å². The number of hydrogen-bond donors (Lipinski definition) is 0. The number of nitrogens with zero attached hydrogens (tertiary/aromatic N) is 2. The van der Waals surface area contributed by atoms with Gasteiger partial charge in [-0.25, -0.2) is 4.79 Å². The molecule has 2 aromatic heterocycles. The number of furan rings is 1. The number of ketones is 1.